The third-order valence-electron chi connectivity index (χ3n) is 5.34. The number of alkyl halides is 8. The van der Waals surface area contributed by atoms with Gasteiger partial charge >= 0.3 is 18.3 Å². The molecule has 2 N–H and O–H groups in total. The number of nitrogens with zero attached hydrogens (tertiary/aromatic N) is 1. The molecule has 0 unspecified atom stereocenters. The normalized spacial score (nSPS) is 14.2. The summed E-state index contributed by atoms with van der Waals surface area (Å²) in [5.41, 5.74) is -3.82. The smallest absolute Gasteiger partial charge is 0.380 e. The van der Waals surface area contributed by atoms with Gasteiger partial charge in [-0.15, -0.1) is 0 Å². The Morgan fingerprint density at radius 3 is 2.11 bits per heavy atom. The highest BCUT2D eigenvalue weighted by Gasteiger charge is 2.56. The van der Waals surface area contributed by atoms with Gasteiger partial charge in [-0.25, -0.2) is 0 Å². The topological polar surface area (TPSA) is 73.1 Å². The van der Waals surface area contributed by atoms with E-state index < -0.39 is 47.3 Å². The van der Waals surface area contributed by atoms with Crippen LogP contribution in [0.2, 0.25) is 0 Å². The molecule has 204 valence electrons. The minimum absolute atomic E-state index is 0.0589. The average Bonchev–Trinajstić information content (AvgIpc) is 2.75. The van der Waals surface area contributed by atoms with E-state index in [9.17, 15) is 45.0 Å². The van der Waals surface area contributed by atoms with Crippen molar-refractivity contribution in [3.8, 4) is 6.07 Å². The van der Waals surface area contributed by atoms with Crippen LogP contribution in [0, 0.1) is 11.3 Å². The molecule has 13 heteroatoms. The van der Waals surface area contributed by atoms with E-state index in [-0.39, 0.29) is 24.3 Å². The Bertz CT molecular complexity index is 896. The molecule has 0 bridgehead atoms. The molecule has 36 heavy (non-hydrogen) atoms. The highest BCUT2D eigenvalue weighted by molar-refractivity contribution is 7.99. The number of unbranched alkanes of at least 4 members (excludes halogenated alkanes) is 4. The summed E-state index contributed by atoms with van der Waals surface area (Å²) >= 11 is 1.30. The van der Waals surface area contributed by atoms with Crippen LogP contribution in [0.15, 0.2) is 18.2 Å². The number of rotatable bonds is 14. The lowest BCUT2D eigenvalue weighted by Crippen LogP contribution is -2.40. The molecule has 1 aromatic rings. The fraction of sp³-hybridized carbons (Fsp3) is 0.652. The summed E-state index contributed by atoms with van der Waals surface area (Å²) in [7, 11) is 0. The van der Waals surface area contributed by atoms with Crippen molar-refractivity contribution < 1.29 is 45.0 Å². The quantitative estimate of drug-likeness (QED) is 0.189. The van der Waals surface area contributed by atoms with Gasteiger partial charge in [0.15, 0.2) is 0 Å². The number of hydrogen-bond acceptors (Lipinski definition) is 4. The predicted octanol–water partition coefficient (Wildman–Crippen LogP) is 7.32. The second-order valence-electron chi connectivity index (χ2n) is 8.53. The SMILES string of the molecule is C[C@](O)(CCCCCCCSCCCC(F)(F)C(F)(F)F)C(=O)Nc1ccc(C#N)c(C(F)(F)F)c1. The van der Waals surface area contributed by atoms with Gasteiger partial charge in [-0.2, -0.15) is 52.1 Å². The van der Waals surface area contributed by atoms with E-state index in [1.807, 2.05) is 0 Å². The van der Waals surface area contributed by atoms with E-state index in [2.05, 4.69) is 5.32 Å². The Labute approximate surface area is 208 Å². The van der Waals surface area contributed by atoms with E-state index >= 15 is 0 Å². The summed E-state index contributed by atoms with van der Waals surface area (Å²) in [6.45, 7) is 1.25. The Kier molecular flexibility index (Phi) is 12.0. The van der Waals surface area contributed by atoms with Crippen molar-refractivity contribution in [2.75, 3.05) is 16.8 Å². The first-order valence-corrected chi connectivity index (χ1v) is 12.3. The summed E-state index contributed by atoms with van der Waals surface area (Å²) in [6, 6.07) is 4.14. The number of amides is 1. The first kappa shape index (κ1) is 32.0. The summed E-state index contributed by atoms with van der Waals surface area (Å²) < 4.78 is 101. The first-order valence-electron chi connectivity index (χ1n) is 11.2. The molecule has 0 aliphatic carbocycles. The van der Waals surface area contributed by atoms with Gasteiger partial charge in [-0.05, 0) is 55.9 Å². The Morgan fingerprint density at radius 2 is 1.53 bits per heavy atom. The van der Waals surface area contributed by atoms with Crippen LogP contribution in [-0.4, -0.2) is 40.2 Å². The monoisotopic (exact) mass is 548 g/mol. The molecule has 1 atom stereocenters. The lowest BCUT2D eigenvalue weighted by molar-refractivity contribution is -0.284. The van der Waals surface area contributed by atoms with Crippen molar-refractivity contribution in [1.29, 1.82) is 5.26 Å². The molecular formula is C23H28F8N2O2S. The molecule has 1 aromatic carbocycles. The zero-order valence-corrected chi connectivity index (χ0v) is 20.4. The van der Waals surface area contributed by atoms with Gasteiger partial charge < -0.3 is 10.4 Å². The maximum atomic E-state index is 13.1. The number of aliphatic hydroxyl groups is 1. The molecule has 0 spiro atoms. The maximum absolute atomic E-state index is 13.1. The molecular weight excluding hydrogens is 520 g/mol. The minimum atomic E-state index is -5.52. The van der Waals surface area contributed by atoms with Gasteiger partial charge in [0.05, 0.1) is 17.2 Å². The average molecular weight is 549 g/mol. The fourth-order valence-corrected chi connectivity index (χ4v) is 4.14. The van der Waals surface area contributed by atoms with E-state index in [0.29, 0.717) is 24.7 Å². The van der Waals surface area contributed by atoms with Crippen molar-refractivity contribution in [2.45, 2.75) is 82.2 Å². The number of anilines is 1. The van der Waals surface area contributed by atoms with Crippen molar-refractivity contribution in [3.05, 3.63) is 29.3 Å². The molecule has 0 radical (unpaired) electrons. The van der Waals surface area contributed by atoms with Crippen LogP contribution in [0.25, 0.3) is 0 Å². The third-order valence-corrected chi connectivity index (χ3v) is 6.49. The zero-order chi connectivity index (χ0) is 27.6. The van der Waals surface area contributed by atoms with Gasteiger partial charge in [0, 0.05) is 12.1 Å². The van der Waals surface area contributed by atoms with Crippen molar-refractivity contribution in [3.63, 3.8) is 0 Å². The summed E-state index contributed by atoms with van der Waals surface area (Å²) in [5.74, 6) is -4.73. The van der Waals surface area contributed by atoms with Gasteiger partial charge in [0.25, 0.3) is 5.91 Å². The number of nitrogens with one attached hydrogen (secondary N) is 1. The lowest BCUT2D eigenvalue weighted by Gasteiger charge is -2.22. The number of carbonyl (C=O) groups excluding carboxylic acids is 1. The first-order chi connectivity index (χ1) is 16.5. The number of thioether (sulfide) groups is 1. The second-order valence-corrected chi connectivity index (χ2v) is 9.76. The minimum Gasteiger partial charge on any atom is -0.380 e. The van der Waals surface area contributed by atoms with Crippen molar-refractivity contribution in [2.24, 2.45) is 0 Å². The Hall–Kier alpha value is -2.07. The zero-order valence-electron chi connectivity index (χ0n) is 19.5. The van der Waals surface area contributed by atoms with Gasteiger partial charge in [-0.1, -0.05) is 25.7 Å². The molecule has 0 aliphatic heterocycles. The number of halogens is 8. The molecule has 1 amide bonds. The molecule has 0 aromatic heterocycles. The summed E-state index contributed by atoms with van der Waals surface area (Å²) in [4.78, 5) is 12.3. The van der Waals surface area contributed by atoms with Crippen LogP contribution in [0.5, 0.6) is 0 Å². The lowest BCUT2D eigenvalue weighted by atomic mass is 9.96. The van der Waals surface area contributed by atoms with E-state index in [0.717, 1.165) is 31.4 Å². The van der Waals surface area contributed by atoms with Crippen LogP contribution in [0.1, 0.15) is 69.4 Å². The maximum Gasteiger partial charge on any atom is 0.453 e. The molecule has 0 saturated heterocycles. The van der Waals surface area contributed by atoms with Crippen LogP contribution in [0.4, 0.5) is 40.8 Å². The Morgan fingerprint density at radius 1 is 0.944 bits per heavy atom. The highest BCUT2D eigenvalue weighted by atomic mass is 32.2. The fourth-order valence-electron chi connectivity index (χ4n) is 3.18. The van der Waals surface area contributed by atoms with Crippen LogP contribution >= 0.6 is 11.8 Å². The number of benzene rings is 1. The standard InChI is InChI=1S/C23H28F8N2O2S/c1-20(35,19(34)33-17-9-8-16(15-32)18(14-17)22(26,27)28)10-5-3-2-4-6-12-36-13-7-11-21(24,25)23(29,30)31/h8-9,14,35H,2-7,10-13H2,1H3,(H,33,34)/t20-/m0/s1. The molecule has 4 nitrogen and oxygen atoms in total. The number of nitriles is 1. The van der Waals surface area contributed by atoms with Gasteiger partial charge in [0.1, 0.15) is 5.60 Å². The van der Waals surface area contributed by atoms with Crippen LogP contribution in [-0.2, 0) is 11.0 Å². The van der Waals surface area contributed by atoms with E-state index in [4.69, 9.17) is 5.26 Å². The Balaban J connectivity index is 2.28. The van der Waals surface area contributed by atoms with Crippen LogP contribution in [0.3, 0.4) is 0 Å². The number of hydrogen-bond donors (Lipinski definition) is 2. The molecule has 0 fully saturated rings. The van der Waals surface area contributed by atoms with Crippen LogP contribution < -0.4 is 5.32 Å². The number of carbonyl (C=O) groups is 1. The van der Waals surface area contributed by atoms with Crippen molar-refractivity contribution >= 4 is 23.4 Å². The van der Waals surface area contributed by atoms with Gasteiger partial charge in [-0.3, -0.25) is 4.79 Å². The molecule has 1 rings (SSSR count). The van der Waals surface area contributed by atoms with Gasteiger partial charge in [0.2, 0.25) is 0 Å². The summed E-state index contributed by atoms with van der Waals surface area (Å²) in [5, 5.41) is 21.4. The van der Waals surface area contributed by atoms with Crippen molar-refractivity contribution in [1.82, 2.24) is 0 Å². The molecule has 0 heterocycles. The van der Waals surface area contributed by atoms with E-state index in [1.54, 1.807) is 0 Å². The molecule has 0 aliphatic rings. The second kappa shape index (κ2) is 13.5. The molecule has 0 saturated carbocycles. The highest BCUT2D eigenvalue weighted by Crippen LogP contribution is 2.39. The largest absolute Gasteiger partial charge is 0.453 e. The van der Waals surface area contributed by atoms with E-state index in [1.165, 1.54) is 24.8 Å². The predicted molar refractivity (Wildman–Crippen MR) is 121 cm³/mol. The third kappa shape index (κ3) is 10.5. The summed E-state index contributed by atoms with van der Waals surface area (Å²) in [6.07, 6.45) is -8.36.